The van der Waals surface area contributed by atoms with Crippen LogP contribution in [0.1, 0.15) is 21.7 Å². The molecule has 0 radical (unpaired) electrons. The number of anilines is 1. The maximum atomic E-state index is 11.9. The van der Waals surface area contributed by atoms with E-state index in [-0.39, 0.29) is 11.7 Å². The van der Waals surface area contributed by atoms with Crippen molar-refractivity contribution in [2.24, 2.45) is 5.14 Å². The van der Waals surface area contributed by atoms with Crippen LogP contribution in [0.25, 0.3) is 0 Å². The summed E-state index contributed by atoms with van der Waals surface area (Å²) in [5.74, 6) is 0.127. The van der Waals surface area contributed by atoms with Gasteiger partial charge in [-0.25, -0.2) is 13.6 Å². The minimum atomic E-state index is -3.55. The van der Waals surface area contributed by atoms with Crippen LogP contribution in [0.15, 0.2) is 41.0 Å². The van der Waals surface area contributed by atoms with Crippen LogP contribution in [-0.4, -0.2) is 14.3 Å². The average Bonchev–Trinajstić information content (AvgIpc) is 2.77. The molecule has 1 amide bonds. The molecule has 0 unspecified atom stereocenters. The molecule has 0 saturated heterocycles. The molecule has 0 fully saturated rings. The maximum absolute atomic E-state index is 11.9. The predicted molar refractivity (Wildman–Crippen MR) is 74.7 cm³/mol. The van der Waals surface area contributed by atoms with Crippen molar-refractivity contribution < 1.29 is 17.6 Å². The van der Waals surface area contributed by atoms with E-state index in [0.717, 1.165) is 0 Å². The third-order valence-corrected chi connectivity index (χ3v) is 3.31. The Hall–Kier alpha value is -2.12. The zero-order chi connectivity index (χ0) is 14.8. The SMILES string of the molecule is Cc1cc(C(=O)Nc2ccc(CS(N)(=O)=O)cc2)co1. The predicted octanol–water partition coefficient (Wildman–Crippen LogP) is 1.63. The van der Waals surface area contributed by atoms with Crippen molar-refractivity contribution in [2.75, 3.05) is 5.32 Å². The highest BCUT2D eigenvalue weighted by molar-refractivity contribution is 7.88. The third kappa shape index (κ3) is 3.94. The molecule has 2 aromatic rings. The number of hydrogen-bond acceptors (Lipinski definition) is 4. The molecular weight excluding hydrogens is 280 g/mol. The minimum absolute atomic E-state index is 0.234. The Morgan fingerprint density at radius 3 is 2.45 bits per heavy atom. The number of carbonyl (C=O) groups is 1. The van der Waals surface area contributed by atoms with Crippen molar-refractivity contribution in [1.82, 2.24) is 0 Å². The Kier molecular flexibility index (Phi) is 3.91. The van der Waals surface area contributed by atoms with E-state index in [4.69, 9.17) is 9.56 Å². The highest BCUT2D eigenvalue weighted by Crippen LogP contribution is 2.14. The van der Waals surface area contributed by atoms with Crippen LogP contribution in [0.2, 0.25) is 0 Å². The van der Waals surface area contributed by atoms with Gasteiger partial charge in [0.25, 0.3) is 5.91 Å². The lowest BCUT2D eigenvalue weighted by Crippen LogP contribution is -2.14. The van der Waals surface area contributed by atoms with Gasteiger partial charge in [-0.05, 0) is 30.7 Å². The molecule has 20 heavy (non-hydrogen) atoms. The average molecular weight is 294 g/mol. The summed E-state index contributed by atoms with van der Waals surface area (Å²) in [5, 5.41) is 7.64. The minimum Gasteiger partial charge on any atom is -0.469 e. The van der Waals surface area contributed by atoms with Crippen molar-refractivity contribution in [3.63, 3.8) is 0 Å². The number of carbonyl (C=O) groups excluding carboxylic acids is 1. The summed E-state index contributed by atoms with van der Waals surface area (Å²) >= 11 is 0. The number of nitrogens with one attached hydrogen (secondary N) is 1. The van der Waals surface area contributed by atoms with Gasteiger partial charge in [0.15, 0.2) is 0 Å². The van der Waals surface area contributed by atoms with Gasteiger partial charge in [0, 0.05) is 5.69 Å². The first kappa shape index (κ1) is 14.3. The molecule has 1 heterocycles. The van der Waals surface area contributed by atoms with Gasteiger partial charge < -0.3 is 9.73 Å². The molecule has 0 atom stereocenters. The number of benzene rings is 1. The largest absolute Gasteiger partial charge is 0.469 e. The second-order valence-corrected chi connectivity index (χ2v) is 6.02. The zero-order valence-corrected chi connectivity index (χ0v) is 11.6. The van der Waals surface area contributed by atoms with Gasteiger partial charge in [-0.15, -0.1) is 0 Å². The molecular formula is C13H14N2O4S. The highest BCUT2D eigenvalue weighted by atomic mass is 32.2. The van der Waals surface area contributed by atoms with Gasteiger partial charge in [0.2, 0.25) is 10.0 Å². The second-order valence-electron chi connectivity index (χ2n) is 4.40. The van der Waals surface area contributed by atoms with Gasteiger partial charge in [-0.2, -0.15) is 0 Å². The third-order valence-electron chi connectivity index (χ3n) is 2.57. The van der Waals surface area contributed by atoms with E-state index in [1.165, 1.54) is 6.26 Å². The van der Waals surface area contributed by atoms with E-state index in [2.05, 4.69) is 5.32 Å². The van der Waals surface area contributed by atoms with Gasteiger partial charge in [0.1, 0.15) is 12.0 Å². The summed E-state index contributed by atoms with van der Waals surface area (Å²) in [6.45, 7) is 1.75. The van der Waals surface area contributed by atoms with E-state index in [9.17, 15) is 13.2 Å². The summed E-state index contributed by atoms with van der Waals surface area (Å²) in [5.41, 5.74) is 1.55. The number of hydrogen-bond donors (Lipinski definition) is 2. The van der Waals surface area contributed by atoms with Gasteiger partial charge in [0.05, 0.1) is 11.3 Å². The monoisotopic (exact) mass is 294 g/mol. The van der Waals surface area contributed by atoms with E-state index >= 15 is 0 Å². The standard InChI is InChI=1S/C13H14N2O4S/c1-9-6-11(7-19-9)13(16)15-12-4-2-10(3-5-12)8-20(14,17)18/h2-7H,8H2,1H3,(H,15,16)(H2,14,17,18). The molecule has 2 rings (SSSR count). The summed E-state index contributed by atoms with van der Waals surface area (Å²) in [6, 6.07) is 8.06. The number of nitrogens with two attached hydrogens (primary N) is 1. The van der Waals surface area contributed by atoms with Crippen molar-refractivity contribution in [2.45, 2.75) is 12.7 Å². The van der Waals surface area contributed by atoms with Crippen LogP contribution >= 0.6 is 0 Å². The number of amides is 1. The fraction of sp³-hybridized carbons (Fsp3) is 0.154. The maximum Gasteiger partial charge on any atom is 0.258 e. The number of primary sulfonamides is 1. The Labute approximate surface area is 116 Å². The van der Waals surface area contributed by atoms with Gasteiger partial charge in [-0.3, -0.25) is 4.79 Å². The van der Waals surface area contributed by atoms with E-state index in [1.54, 1.807) is 37.3 Å². The van der Waals surface area contributed by atoms with Gasteiger partial charge >= 0.3 is 0 Å². The van der Waals surface area contributed by atoms with Crippen LogP contribution in [0, 0.1) is 6.92 Å². The zero-order valence-electron chi connectivity index (χ0n) is 10.8. The summed E-state index contributed by atoms with van der Waals surface area (Å²) in [6.07, 6.45) is 1.38. The number of sulfonamides is 1. The Balaban J connectivity index is 2.06. The smallest absolute Gasteiger partial charge is 0.258 e. The number of furan rings is 1. The van der Waals surface area contributed by atoms with Crippen molar-refractivity contribution in [3.8, 4) is 0 Å². The number of rotatable bonds is 4. The normalized spacial score (nSPS) is 11.3. The summed E-state index contributed by atoms with van der Waals surface area (Å²) in [7, 11) is -3.55. The van der Waals surface area contributed by atoms with Crippen molar-refractivity contribution >= 4 is 21.6 Å². The molecule has 106 valence electrons. The Morgan fingerprint density at radius 1 is 1.30 bits per heavy atom. The van der Waals surface area contributed by atoms with E-state index < -0.39 is 10.0 Å². The molecule has 6 nitrogen and oxygen atoms in total. The quantitative estimate of drug-likeness (QED) is 0.894. The molecule has 3 N–H and O–H groups in total. The first-order chi connectivity index (χ1) is 9.33. The van der Waals surface area contributed by atoms with Crippen molar-refractivity contribution in [3.05, 3.63) is 53.5 Å². The molecule has 0 aliphatic rings. The molecule has 0 spiro atoms. The van der Waals surface area contributed by atoms with Crippen LogP contribution in [0.5, 0.6) is 0 Å². The highest BCUT2D eigenvalue weighted by Gasteiger charge is 2.09. The lowest BCUT2D eigenvalue weighted by atomic mass is 10.2. The lowest BCUT2D eigenvalue weighted by molar-refractivity contribution is 0.102. The first-order valence-electron chi connectivity index (χ1n) is 5.79. The first-order valence-corrected chi connectivity index (χ1v) is 7.51. The van der Waals surface area contributed by atoms with E-state index in [1.807, 2.05) is 0 Å². The summed E-state index contributed by atoms with van der Waals surface area (Å²) in [4.78, 5) is 11.9. The molecule has 0 saturated carbocycles. The lowest BCUT2D eigenvalue weighted by Gasteiger charge is -2.05. The molecule has 0 bridgehead atoms. The van der Waals surface area contributed by atoms with Crippen LogP contribution < -0.4 is 10.5 Å². The number of aryl methyl sites for hydroxylation is 1. The molecule has 0 aliphatic heterocycles. The summed E-state index contributed by atoms with van der Waals surface area (Å²) < 4.78 is 27.0. The fourth-order valence-electron chi connectivity index (χ4n) is 1.68. The van der Waals surface area contributed by atoms with Crippen LogP contribution in [-0.2, 0) is 15.8 Å². The van der Waals surface area contributed by atoms with Gasteiger partial charge in [-0.1, -0.05) is 12.1 Å². The molecule has 1 aromatic carbocycles. The topological polar surface area (TPSA) is 102 Å². The molecule has 0 aliphatic carbocycles. The molecule has 1 aromatic heterocycles. The molecule has 7 heteroatoms. The Morgan fingerprint density at radius 2 is 1.95 bits per heavy atom. The van der Waals surface area contributed by atoms with Crippen molar-refractivity contribution in [1.29, 1.82) is 0 Å². The Bertz CT molecular complexity index is 717. The van der Waals surface area contributed by atoms with E-state index in [0.29, 0.717) is 22.6 Å². The van der Waals surface area contributed by atoms with Crippen LogP contribution in [0.3, 0.4) is 0 Å². The van der Waals surface area contributed by atoms with Crippen LogP contribution in [0.4, 0.5) is 5.69 Å². The fourth-order valence-corrected chi connectivity index (χ4v) is 2.34. The second kappa shape index (κ2) is 5.48.